The van der Waals surface area contributed by atoms with Crippen LogP contribution in [0.5, 0.6) is 0 Å². The maximum Gasteiger partial charge on any atom is 0.174 e. The molecular formula is C16H28O3. The fourth-order valence-electron chi connectivity index (χ4n) is 5.55. The van der Waals surface area contributed by atoms with Gasteiger partial charge in [-0.15, -0.1) is 0 Å². The topological polar surface area (TPSA) is 38.7 Å². The number of hydrogen-bond donors (Lipinski definition) is 1. The lowest BCUT2D eigenvalue weighted by Gasteiger charge is -2.57. The number of aliphatic hydroxyl groups is 1. The van der Waals surface area contributed by atoms with Gasteiger partial charge < -0.3 is 14.6 Å². The van der Waals surface area contributed by atoms with Crippen LogP contribution in [0.2, 0.25) is 0 Å². The van der Waals surface area contributed by atoms with Gasteiger partial charge in [-0.05, 0) is 29.6 Å². The zero-order chi connectivity index (χ0) is 14.1. The molecule has 0 aromatic carbocycles. The zero-order valence-corrected chi connectivity index (χ0v) is 13.0. The molecule has 110 valence electrons. The number of hydrogen-bond acceptors (Lipinski definition) is 3. The molecule has 1 aliphatic heterocycles. The highest BCUT2D eigenvalue weighted by molar-refractivity contribution is 5.20. The first-order chi connectivity index (χ1) is 8.70. The predicted octanol–water partition coefficient (Wildman–Crippen LogP) is 2.96. The lowest BCUT2D eigenvalue weighted by molar-refractivity contribution is -0.239. The second kappa shape index (κ2) is 3.75. The van der Waals surface area contributed by atoms with E-state index in [0.29, 0.717) is 13.2 Å². The van der Waals surface area contributed by atoms with Gasteiger partial charge in [0, 0.05) is 11.8 Å². The maximum absolute atomic E-state index is 10.4. The number of aliphatic hydroxyl groups excluding tert-OH is 1. The lowest BCUT2D eigenvalue weighted by Crippen LogP contribution is -2.56. The number of rotatable bonds is 0. The number of fused-ring (bicyclic) bond motifs is 1. The Balaban J connectivity index is 2.12. The van der Waals surface area contributed by atoms with E-state index in [2.05, 4.69) is 34.6 Å². The first kappa shape index (κ1) is 13.8. The highest BCUT2D eigenvalue weighted by atomic mass is 16.7. The highest BCUT2D eigenvalue weighted by Gasteiger charge is 2.75. The molecule has 0 radical (unpaired) electrons. The molecule has 1 saturated heterocycles. The Bertz CT molecular complexity index is 385. The van der Waals surface area contributed by atoms with Gasteiger partial charge in [0.05, 0.1) is 19.3 Å². The van der Waals surface area contributed by atoms with Gasteiger partial charge in [0.2, 0.25) is 0 Å². The van der Waals surface area contributed by atoms with Crippen molar-refractivity contribution in [3.05, 3.63) is 0 Å². The monoisotopic (exact) mass is 268 g/mol. The summed E-state index contributed by atoms with van der Waals surface area (Å²) in [6.07, 6.45) is 2.72. The summed E-state index contributed by atoms with van der Waals surface area (Å²) in [4.78, 5) is 0. The molecule has 1 spiro atoms. The molecule has 3 rings (SSSR count). The van der Waals surface area contributed by atoms with Gasteiger partial charge in [-0.2, -0.15) is 0 Å². The van der Waals surface area contributed by atoms with Crippen LogP contribution in [0.1, 0.15) is 53.9 Å². The van der Waals surface area contributed by atoms with Crippen molar-refractivity contribution in [1.29, 1.82) is 0 Å². The van der Waals surface area contributed by atoms with Crippen molar-refractivity contribution in [2.45, 2.75) is 65.8 Å². The van der Waals surface area contributed by atoms with Crippen molar-refractivity contribution >= 4 is 0 Å². The standard InChI is InChI=1S/C16H28O3/c1-11-12(17)6-7-14(4)10-16(18-8-9-19-16)13(2,3)15(11,14)5/h11-12,17H,6-10H2,1-5H3/t11-,12-,14+,15-/m0/s1. The van der Waals surface area contributed by atoms with Gasteiger partial charge in [0.25, 0.3) is 0 Å². The number of ether oxygens (including phenoxy) is 2. The fourth-order valence-corrected chi connectivity index (χ4v) is 5.55. The highest BCUT2D eigenvalue weighted by Crippen LogP contribution is 2.74. The molecular weight excluding hydrogens is 240 g/mol. The molecule has 3 fully saturated rings. The summed E-state index contributed by atoms with van der Waals surface area (Å²) < 4.78 is 12.2. The zero-order valence-electron chi connectivity index (χ0n) is 13.0. The van der Waals surface area contributed by atoms with Crippen LogP contribution >= 0.6 is 0 Å². The normalized spacial score (nSPS) is 51.5. The Hall–Kier alpha value is -0.120. The van der Waals surface area contributed by atoms with E-state index >= 15 is 0 Å². The van der Waals surface area contributed by atoms with Gasteiger partial charge in [0.1, 0.15) is 0 Å². The molecule has 3 heteroatoms. The van der Waals surface area contributed by atoms with Crippen molar-refractivity contribution in [2.24, 2.45) is 22.2 Å². The minimum atomic E-state index is -0.450. The average Bonchev–Trinajstić information content (AvgIpc) is 2.85. The van der Waals surface area contributed by atoms with Crippen molar-refractivity contribution in [1.82, 2.24) is 0 Å². The van der Waals surface area contributed by atoms with E-state index in [9.17, 15) is 5.11 Å². The van der Waals surface area contributed by atoms with E-state index < -0.39 is 5.79 Å². The van der Waals surface area contributed by atoms with Gasteiger partial charge in [-0.3, -0.25) is 0 Å². The molecule has 0 aromatic heterocycles. The molecule has 1 N–H and O–H groups in total. The first-order valence-corrected chi connectivity index (χ1v) is 7.66. The van der Waals surface area contributed by atoms with Gasteiger partial charge in [-0.25, -0.2) is 0 Å². The van der Waals surface area contributed by atoms with Crippen molar-refractivity contribution in [3.8, 4) is 0 Å². The Morgan fingerprint density at radius 1 is 1.05 bits per heavy atom. The summed E-state index contributed by atoms with van der Waals surface area (Å²) in [5.74, 6) is -0.178. The SMILES string of the molecule is C[C@H]1[C@@H](O)CC[C@]2(C)CC3(OCCO3)C(C)(C)[C@]12C. The van der Waals surface area contributed by atoms with Crippen LogP contribution in [-0.4, -0.2) is 30.2 Å². The van der Waals surface area contributed by atoms with Crippen molar-refractivity contribution in [3.63, 3.8) is 0 Å². The minimum Gasteiger partial charge on any atom is -0.393 e. The van der Waals surface area contributed by atoms with E-state index in [4.69, 9.17) is 9.47 Å². The van der Waals surface area contributed by atoms with Crippen LogP contribution in [0.3, 0.4) is 0 Å². The lowest BCUT2D eigenvalue weighted by atomic mass is 9.48. The summed E-state index contributed by atoms with van der Waals surface area (Å²) in [6, 6.07) is 0. The Labute approximate surface area is 116 Å². The Kier molecular flexibility index (Phi) is 2.73. The Morgan fingerprint density at radius 3 is 2.21 bits per heavy atom. The van der Waals surface area contributed by atoms with Crippen LogP contribution in [0.25, 0.3) is 0 Å². The quantitative estimate of drug-likeness (QED) is 0.734. The van der Waals surface area contributed by atoms with Crippen molar-refractivity contribution < 1.29 is 14.6 Å². The van der Waals surface area contributed by atoms with E-state index in [-0.39, 0.29) is 28.3 Å². The molecule has 19 heavy (non-hydrogen) atoms. The molecule has 2 saturated carbocycles. The Morgan fingerprint density at radius 2 is 1.63 bits per heavy atom. The summed E-state index contributed by atoms with van der Waals surface area (Å²) in [7, 11) is 0. The van der Waals surface area contributed by atoms with Gasteiger partial charge in [-0.1, -0.05) is 34.6 Å². The second-order valence-corrected chi connectivity index (χ2v) is 7.91. The molecule has 0 aromatic rings. The van der Waals surface area contributed by atoms with Crippen LogP contribution in [0, 0.1) is 22.2 Å². The third-order valence-corrected chi connectivity index (χ3v) is 7.36. The molecule has 0 bridgehead atoms. The van der Waals surface area contributed by atoms with Crippen LogP contribution in [0.4, 0.5) is 0 Å². The van der Waals surface area contributed by atoms with E-state index in [1.54, 1.807) is 0 Å². The summed E-state index contributed by atoms with van der Waals surface area (Å²) in [6.45, 7) is 12.9. The smallest absolute Gasteiger partial charge is 0.174 e. The van der Waals surface area contributed by atoms with E-state index in [1.807, 2.05) is 0 Å². The van der Waals surface area contributed by atoms with E-state index in [1.165, 1.54) is 0 Å². The summed E-state index contributed by atoms with van der Waals surface area (Å²) in [5, 5.41) is 10.4. The van der Waals surface area contributed by atoms with Crippen molar-refractivity contribution in [2.75, 3.05) is 13.2 Å². The molecule has 1 heterocycles. The van der Waals surface area contributed by atoms with E-state index in [0.717, 1.165) is 19.3 Å². The molecule has 2 aliphatic carbocycles. The first-order valence-electron chi connectivity index (χ1n) is 7.66. The van der Waals surface area contributed by atoms with Crippen LogP contribution < -0.4 is 0 Å². The second-order valence-electron chi connectivity index (χ2n) is 7.91. The minimum absolute atomic E-state index is 0.0298. The average molecular weight is 268 g/mol. The summed E-state index contributed by atoms with van der Waals surface area (Å²) >= 11 is 0. The molecule has 4 atom stereocenters. The summed E-state index contributed by atoms with van der Waals surface area (Å²) in [5.41, 5.74) is 0.119. The fraction of sp³-hybridized carbons (Fsp3) is 1.00. The molecule has 3 nitrogen and oxygen atoms in total. The molecule has 0 amide bonds. The molecule has 3 aliphatic rings. The molecule has 0 unspecified atom stereocenters. The van der Waals surface area contributed by atoms with Gasteiger partial charge in [0.15, 0.2) is 5.79 Å². The third kappa shape index (κ3) is 1.35. The maximum atomic E-state index is 10.4. The largest absolute Gasteiger partial charge is 0.393 e. The third-order valence-electron chi connectivity index (χ3n) is 7.36. The van der Waals surface area contributed by atoms with Crippen LogP contribution in [0.15, 0.2) is 0 Å². The van der Waals surface area contributed by atoms with Crippen LogP contribution in [-0.2, 0) is 9.47 Å². The van der Waals surface area contributed by atoms with Gasteiger partial charge >= 0.3 is 0 Å². The predicted molar refractivity (Wildman–Crippen MR) is 73.7 cm³/mol.